The molecular formula is C22H31NO3. The van der Waals surface area contributed by atoms with Crippen molar-refractivity contribution in [3.63, 3.8) is 0 Å². The summed E-state index contributed by atoms with van der Waals surface area (Å²) in [5.41, 5.74) is 2.21. The molecule has 1 fully saturated rings. The zero-order chi connectivity index (χ0) is 18.1. The van der Waals surface area contributed by atoms with Gasteiger partial charge in [0.2, 0.25) is 0 Å². The van der Waals surface area contributed by atoms with Gasteiger partial charge in [0.25, 0.3) is 0 Å². The molecule has 142 valence electrons. The van der Waals surface area contributed by atoms with Gasteiger partial charge in [0.15, 0.2) is 11.3 Å². The van der Waals surface area contributed by atoms with Crippen molar-refractivity contribution in [2.45, 2.75) is 77.0 Å². The first-order chi connectivity index (χ1) is 12.6. The molecule has 1 aromatic carbocycles. The van der Waals surface area contributed by atoms with Gasteiger partial charge in [-0.05, 0) is 52.0 Å². The van der Waals surface area contributed by atoms with Gasteiger partial charge in [-0.1, -0.05) is 18.6 Å². The summed E-state index contributed by atoms with van der Waals surface area (Å²) < 4.78 is 12.1. The molecule has 1 aliphatic heterocycles. The van der Waals surface area contributed by atoms with Crippen LogP contribution in [0.5, 0.6) is 5.75 Å². The molecular weight excluding hydrogens is 326 g/mol. The predicted molar refractivity (Wildman–Crippen MR) is 104 cm³/mol. The summed E-state index contributed by atoms with van der Waals surface area (Å²) in [5.74, 6) is 1.88. The van der Waals surface area contributed by atoms with Gasteiger partial charge in [-0.3, -0.25) is 4.90 Å². The second kappa shape index (κ2) is 7.61. The average molecular weight is 357 g/mol. The summed E-state index contributed by atoms with van der Waals surface area (Å²) in [5, 5.41) is 11.7. The van der Waals surface area contributed by atoms with E-state index in [9.17, 15) is 5.11 Å². The number of furan rings is 1. The number of ether oxygens (including phenoxy) is 1. The standard InChI is InChI=1S/C22H31NO3/c1-15-7-5-8-16(2)23(15)13-17(24)14-25-21-12-6-10-19-18-9-3-4-11-20(18)26-22(19)21/h6,10,12,15-17,24H,3-5,7-9,11,13-14H2,1-2H3/t15-,16+,17-/m1/s1. The highest BCUT2D eigenvalue weighted by Crippen LogP contribution is 2.36. The summed E-state index contributed by atoms with van der Waals surface area (Å²) in [6.07, 6.45) is 7.79. The van der Waals surface area contributed by atoms with Crippen LogP contribution < -0.4 is 4.74 Å². The van der Waals surface area contributed by atoms with Gasteiger partial charge in [0.05, 0.1) is 0 Å². The number of fused-ring (bicyclic) bond motifs is 3. The molecule has 0 amide bonds. The average Bonchev–Trinajstić information content (AvgIpc) is 3.02. The fraction of sp³-hybridized carbons (Fsp3) is 0.636. The van der Waals surface area contributed by atoms with Gasteiger partial charge in [0.1, 0.15) is 18.5 Å². The topological polar surface area (TPSA) is 45.8 Å². The van der Waals surface area contributed by atoms with Gasteiger partial charge in [-0.25, -0.2) is 0 Å². The van der Waals surface area contributed by atoms with E-state index in [0.717, 1.165) is 29.9 Å². The molecule has 0 bridgehead atoms. The lowest BCUT2D eigenvalue weighted by molar-refractivity contribution is 0.0210. The van der Waals surface area contributed by atoms with Crippen LogP contribution in [0.3, 0.4) is 0 Å². The largest absolute Gasteiger partial charge is 0.487 e. The molecule has 26 heavy (non-hydrogen) atoms. The van der Waals surface area contributed by atoms with Crippen molar-refractivity contribution < 1.29 is 14.3 Å². The molecule has 1 saturated heterocycles. The Morgan fingerprint density at radius 1 is 1.15 bits per heavy atom. The van der Waals surface area contributed by atoms with Gasteiger partial charge in [0, 0.05) is 36.0 Å². The molecule has 0 unspecified atom stereocenters. The third-order valence-corrected chi connectivity index (χ3v) is 6.18. The minimum absolute atomic E-state index is 0.306. The highest BCUT2D eigenvalue weighted by molar-refractivity contribution is 5.87. The smallest absolute Gasteiger partial charge is 0.176 e. The van der Waals surface area contributed by atoms with Crippen molar-refractivity contribution >= 4 is 11.0 Å². The van der Waals surface area contributed by atoms with Gasteiger partial charge < -0.3 is 14.3 Å². The van der Waals surface area contributed by atoms with E-state index >= 15 is 0 Å². The van der Waals surface area contributed by atoms with Crippen LogP contribution in [-0.2, 0) is 12.8 Å². The van der Waals surface area contributed by atoms with Crippen LogP contribution >= 0.6 is 0 Å². The van der Waals surface area contributed by atoms with Gasteiger partial charge in [-0.2, -0.15) is 0 Å². The second-order valence-corrected chi connectivity index (χ2v) is 8.13. The number of aliphatic hydroxyl groups is 1. The van der Waals surface area contributed by atoms with E-state index in [-0.39, 0.29) is 0 Å². The van der Waals surface area contributed by atoms with Crippen LogP contribution in [0.4, 0.5) is 0 Å². The van der Waals surface area contributed by atoms with E-state index in [1.165, 1.54) is 43.1 Å². The zero-order valence-corrected chi connectivity index (χ0v) is 16.0. The number of hydrogen-bond donors (Lipinski definition) is 1. The summed E-state index contributed by atoms with van der Waals surface area (Å²) in [6.45, 7) is 5.50. The maximum atomic E-state index is 10.5. The van der Waals surface area contributed by atoms with Gasteiger partial charge >= 0.3 is 0 Å². The lowest BCUT2D eigenvalue weighted by Gasteiger charge is -2.40. The number of likely N-dealkylation sites (tertiary alicyclic amines) is 1. The maximum absolute atomic E-state index is 10.5. The molecule has 4 rings (SSSR count). The van der Waals surface area contributed by atoms with Crippen molar-refractivity contribution in [3.8, 4) is 5.75 Å². The van der Waals surface area contributed by atoms with E-state index in [1.54, 1.807) is 0 Å². The molecule has 2 heterocycles. The Morgan fingerprint density at radius 2 is 1.92 bits per heavy atom. The molecule has 1 N–H and O–H groups in total. The number of piperidine rings is 1. The molecule has 0 spiro atoms. The SMILES string of the molecule is C[C@@H]1CCC[C@H](C)N1C[C@@H](O)COc1cccc2c3c(oc12)CCCC3. The Kier molecular flexibility index (Phi) is 5.23. The monoisotopic (exact) mass is 357 g/mol. The fourth-order valence-corrected chi connectivity index (χ4v) is 4.69. The third-order valence-electron chi connectivity index (χ3n) is 6.18. The van der Waals surface area contributed by atoms with Crippen LogP contribution in [0.25, 0.3) is 11.0 Å². The summed E-state index contributed by atoms with van der Waals surface area (Å²) in [7, 11) is 0. The number of β-amino-alcohol motifs (C(OH)–C–C–N with tert-alkyl or cyclic N) is 1. The normalized spacial score (nSPS) is 25.2. The van der Waals surface area contributed by atoms with E-state index < -0.39 is 6.10 Å². The highest BCUT2D eigenvalue weighted by atomic mass is 16.5. The summed E-state index contributed by atoms with van der Waals surface area (Å²) >= 11 is 0. The molecule has 2 aliphatic rings. The molecule has 1 aromatic heterocycles. The van der Waals surface area contributed by atoms with E-state index in [4.69, 9.17) is 9.15 Å². The summed E-state index contributed by atoms with van der Waals surface area (Å²) in [6, 6.07) is 7.19. The molecule has 0 radical (unpaired) electrons. The van der Waals surface area contributed by atoms with Crippen LogP contribution in [0.1, 0.15) is 57.3 Å². The number of para-hydroxylation sites is 1. The first-order valence-corrected chi connectivity index (χ1v) is 10.2. The van der Waals surface area contributed by atoms with Crippen molar-refractivity contribution in [1.29, 1.82) is 0 Å². The molecule has 4 heteroatoms. The molecule has 2 aromatic rings. The number of aryl methyl sites for hydroxylation is 2. The second-order valence-electron chi connectivity index (χ2n) is 8.13. The van der Waals surface area contributed by atoms with Crippen LogP contribution in [0.2, 0.25) is 0 Å². The minimum atomic E-state index is -0.488. The Balaban J connectivity index is 1.43. The van der Waals surface area contributed by atoms with E-state index in [1.807, 2.05) is 12.1 Å². The van der Waals surface area contributed by atoms with Crippen LogP contribution in [0.15, 0.2) is 22.6 Å². The molecule has 3 atom stereocenters. The molecule has 0 saturated carbocycles. The van der Waals surface area contributed by atoms with Crippen LogP contribution in [-0.4, -0.2) is 41.3 Å². The van der Waals surface area contributed by atoms with Crippen molar-refractivity contribution in [3.05, 3.63) is 29.5 Å². The predicted octanol–water partition coefficient (Wildman–Crippen LogP) is 4.31. The van der Waals surface area contributed by atoms with Crippen molar-refractivity contribution in [2.75, 3.05) is 13.2 Å². The van der Waals surface area contributed by atoms with Crippen molar-refractivity contribution in [2.24, 2.45) is 0 Å². The van der Waals surface area contributed by atoms with E-state index in [0.29, 0.717) is 25.2 Å². The van der Waals surface area contributed by atoms with Crippen molar-refractivity contribution in [1.82, 2.24) is 4.90 Å². The highest BCUT2D eigenvalue weighted by Gasteiger charge is 2.27. The first-order valence-electron chi connectivity index (χ1n) is 10.2. The first kappa shape index (κ1) is 17.9. The van der Waals surface area contributed by atoms with Gasteiger partial charge in [-0.15, -0.1) is 0 Å². The number of rotatable bonds is 5. The lowest BCUT2D eigenvalue weighted by Crippen LogP contribution is -2.48. The molecule has 1 aliphatic carbocycles. The number of benzene rings is 1. The Hall–Kier alpha value is -1.52. The number of aliphatic hydroxyl groups excluding tert-OH is 1. The summed E-state index contributed by atoms with van der Waals surface area (Å²) in [4.78, 5) is 2.42. The zero-order valence-electron chi connectivity index (χ0n) is 16.0. The number of nitrogens with zero attached hydrogens (tertiary/aromatic N) is 1. The lowest BCUT2D eigenvalue weighted by atomic mass is 9.96. The minimum Gasteiger partial charge on any atom is -0.487 e. The Morgan fingerprint density at radius 3 is 2.73 bits per heavy atom. The third kappa shape index (κ3) is 3.49. The fourth-order valence-electron chi connectivity index (χ4n) is 4.69. The van der Waals surface area contributed by atoms with Crippen LogP contribution in [0, 0.1) is 0 Å². The number of hydrogen-bond acceptors (Lipinski definition) is 4. The quantitative estimate of drug-likeness (QED) is 0.866. The Bertz CT molecular complexity index is 743. The van der Waals surface area contributed by atoms with E-state index in [2.05, 4.69) is 24.8 Å². The Labute approximate surface area is 156 Å². The molecule has 4 nitrogen and oxygen atoms in total. The maximum Gasteiger partial charge on any atom is 0.176 e.